The maximum absolute atomic E-state index is 10.9. The molecule has 8 nitrogen and oxygen atoms in total. The summed E-state index contributed by atoms with van der Waals surface area (Å²) < 4.78 is 0. The molecule has 108 valence electrons. The van der Waals surface area contributed by atoms with Crippen molar-refractivity contribution in [2.45, 2.75) is 25.7 Å². The molecule has 0 radical (unpaired) electrons. The zero-order valence-electron chi connectivity index (χ0n) is 10.6. The zero-order chi connectivity index (χ0) is 15.1. The van der Waals surface area contributed by atoms with Crippen LogP contribution in [0.25, 0.3) is 0 Å². The van der Waals surface area contributed by atoms with Crippen LogP contribution in [0.3, 0.4) is 0 Å². The molecule has 0 saturated carbocycles. The molecule has 0 aromatic heterocycles. The van der Waals surface area contributed by atoms with E-state index in [2.05, 4.69) is 5.32 Å². The minimum atomic E-state index is -0.924. The van der Waals surface area contributed by atoms with Gasteiger partial charge in [0.2, 0.25) is 11.8 Å². The van der Waals surface area contributed by atoms with Crippen molar-refractivity contribution in [3.8, 4) is 0 Å². The van der Waals surface area contributed by atoms with Crippen LogP contribution in [0.4, 0.5) is 0 Å². The molecule has 4 amide bonds. The van der Waals surface area contributed by atoms with E-state index in [0.29, 0.717) is 19.3 Å². The normalized spacial score (nSPS) is 17.1. The fourth-order valence-electron chi connectivity index (χ4n) is 1.55. The van der Waals surface area contributed by atoms with Gasteiger partial charge in [-0.3, -0.25) is 34.2 Å². The van der Waals surface area contributed by atoms with E-state index in [1.54, 1.807) is 0 Å². The van der Waals surface area contributed by atoms with E-state index in [1.165, 1.54) is 12.2 Å². The number of carbonyl (C=O) groups is 5. The van der Waals surface area contributed by atoms with Gasteiger partial charge in [0.15, 0.2) is 0 Å². The third kappa shape index (κ3) is 5.01. The van der Waals surface area contributed by atoms with E-state index in [0.717, 1.165) is 4.90 Å². The van der Waals surface area contributed by atoms with E-state index < -0.39 is 5.97 Å². The minimum absolute atomic E-state index is 0.0307. The van der Waals surface area contributed by atoms with Crippen molar-refractivity contribution >= 4 is 29.6 Å². The van der Waals surface area contributed by atoms with Crippen molar-refractivity contribution in [3.05, 3.63) is 12.2 Å². The Hall–Kier alpha value is -2.51. The molecule has 0 bridgehead atoms. The van der Waals surface area contributed by atoms with E-state index in [4.69, 9.17) is 5.11 Å². The molecule has 1 saturated heterocycles. The SMILES string of the molecule is O=C(O)CCCN1C(=O)C=CC1=O.O=C1CCC(=O)N1. The Morgan fingerprint density at radius 3 is 1.95 bits per heavy atom. The van der Waals surface area contributed by atoms with E-state index in [1.807, 2.05) is 0 Å². The second-order valence-electron chi connectivity index (χ2n) is 4.13. The highest BCUT2D eigenvalue weighted by molar-refractivity contribution is 6.12. The van der Waals surface area contributed by atoms with E-state index >= 15 is 0 Å². The predicted molar refractivity (Wildman–Crippen MR) is 65.1 cm³/mol. The molecule has 2 heterocycles. The first-order chi connectivity index (χ1) is 9.40. The predicted octanol–water partition coefficient (Wildman–Crippen LogP) is -0.801. The van der Waals surface area contributed by atoms with Gasteiger partial charge in [0.05, 0.1) is 0 Å². The average molecular weight is 282 g/mol. The molecule has 0 atom stereocenters. The number of aliphatic carboxylic acids is 1. The number of hydrogen-bond acceptors (Lipinski definition) is 5. The number of carboxylic acid groups (broad SMARTS) is 1. The van der Waals surface area contributed by atoms with Crippen LogP contribution < -0.4 is 5.32 Å². The van der Waals surface area contributed by atoms with E-state index in [-0.39, 0.29) is 36.6 Å². The maximum Gasteiger partial charge on any atom is 0.303 e. The molecule has 2 rings (SSSR count). The number of carboxylic acids is 1. The second-order valence-corrected chi connectivity index (χ2v) is 4.13. The Bertz CT molecular complexity index is 450. The number of carbonyl (C=O) groups excluding carboxylic acids is 4. The van der Waals surface area contributed by atoms with Crippen molar-refractivity contribution in [2.75, 3.05) is 6.54 Å². The molecular formula is C12H14N2O6. The number of amides is 4. The lowest BCUT2D eigenvalue weighted by molar-refractivity contribution is -0.140. The van der Waals surface area contributed by atoms with Crippen LogP contribution in [0, 0.1) is 0 Å². The van der Waals surface area contributed by atoms with Crippen LogP contribution in [0.15, 0.2) is 12.2 Å². The lowest BCUT2D eigenvalue weighted by Gasteiger charge is -2.11. The van der Waals surface area contributed by atoms with Crippen molar-refractivity contribution in [1.82, 2.24) is 10.2 Å². The summed E-state index contributed by atoms with van der Waals surface area (Å²) in [5, 5.41) is 10.5. The summed E-state index contributed by atoms with van der Waals surface area (Å²) in [6, 6.07) is 0. The molecule has 2 aliphatic heterocycles. The van der Waals surface area contributed by atoms with Gasteiger partial charge in [0.25, 0.3) is 11.8 Å². The molecular weight excluding hydrogens is 268 g/mol. The number of nitrogens with zero attached hydrogens (tertiary/aromatic N) is 1. The topological polar surface area (TPSA) is 121 Å². The van der Waals surface area contributed by atoms with Gasteiger partial charge in [-0.05, 0) is 6.42 Å². The smallest absolute Gasteiger partial charge is 0.303 e. The van der Waals surface area contributed by atoms with Crippen LogP contribution >= 0.6 is 0 Å². The Morgan fingerprint density at radius 1 is 1.10 bits per heavy atom. The van der Waals surface area contributed by atoms with Crippen LogP contribution in [0.1, 0.15) is 25.7 Å². The largest absolute Gasteiger partial charge is 0.481 e. The van der Waals surface area contributed by atoms with Crippen molar-refractivity contribution in [2.24, 2.45) is 0 Å². The first kappa shape index (κ1) is 15.5. The lowest BCUT2D eigenvalue weighted by atomic mass is 10.3. The first-order valence-electron chi connectivity index (χ1n) is 5.98. The standard InChI is InChI=1S/C8H9NO4.C4H5NO2/c10-6-3-4-7(11)9(6)5-1-2-8(12)13;6-3-1-2-4(7)5-3/h3-4H,1-2,5H2,(H,12,13);1-2H2,(H,5,6,7). The third-order valence-corrected chi connectivity index (χ3v) is 2.53. The van der Waals surface area contributed by atoms with Gasteiger partial charge < -0.3 is 5.11 Å². The molecule has 0 spiro atoms. The van der Waals surface area contributed by atoms with E-state index in [9.17, 15) is 24.0 Å². The fraction of sp³-hybridized carbons (Fsp3) is 0.417. The average Bonchev–Trinajstić information content (AvgIpc) is 2.88. The van der Waals surface area contributed by atoms with Crippen LogP contribution in [-0.4, -0.2) is 46.1 Å². The van der Waals surface area contributed by atoms with Gasteiger partial charge in [-0.1, -0.05) is 0 Å². The van der Waals surface area contributed by atoms with Gasteiger partial charge in [-0.15, -0.1) is 0 Å². The molecule has 8 heteroatoms. The summed E-state index contributed by atoms with van der Waals surface area (Å²) in [6.45, 7) is 0.178. The quantitative estimate of drug-likeness (QED) is 0.651. The number of hydrogen-bond donors (Lipinski definition) is 2. The zero-order valence-corrected chi connectivity index (χ0v) is 10.6. The Kier molecular flexibility index (Phi) is 5.57. The molecule has 2 N–H and O–H groups in total. The summed E-state index contributed by atoms with van der Waals surface area (Å²) in [7, 11) is 0. The summed E-state index contributed by atoms with van der Waals surface area (Å²) in [5.41, 5.74) is 0. The summed E-state index contributed by atoms with van der Waals surface area (Å²) in [6.07, 6.45) is 3.38. The van der Waals surface area contributed by atoms with Crippen LogP contribution in [0.5, 0.6) is 0 Å². The summed E-state index contributed by atoms with van der Waals surface area (Å²) in [4.78, 5) is 53.3. The van der Waals surface area contributed by atoms with Gasteiger partial charge in [0.1, 0.15) is 0 Å². The number of rotatable bonds is 4. The monoisotopic (exact) mass is 282 g/mol. The number of imide groups is 2. The van der Waals surface area contributed by atoms with Gasteiger partial charge in [-0.25, -0.2) is 0 Å². The first-order valence-corrected chi connectivity index (χ1v) is 5.98. The Labute approximate surface area is 114 Å². The van der Waals surface area contributed by atoms with Crippen molar-refractivity contribution < 1.29 is 29.1 Å². The Morgan fingerprint density at radius 2 is 1.60 bits per heavy atom. The van der Waals surface area contributed by atoms with Crippen LogP contribution in [0.2, 0.25) is 0 Å². The highest BCUT2D eigenvalue weighted by Gasteiger charge is 2.22. The highest BCUT2D eigenvalue weighted by Crippen LogP contribution is 2.05. The molecule has 0 aliphatic carbocycles. The summed E-state index contributed by atoms with van der Waals surface area (Å²) >= 11 is 0. The van der Waals surface area contributed by atoms with Crippen molar-refractivity contribution in [1.29, 1.82) is 0 Å². The summed E-state index contributed by atoms with van der Waals surface area (Å²) in [5.74, 6) is -1.95. The fourth-order valence-corrected chi connectivity index (χ4v) is 1.55. The van der Waals surface area contributed by atoms with Gasteiger partial charge in [-0.2, -0.15) is 0 Å². The highest BCUT2D eigenvalue weighted by atomic mass is 16.4. The molecule has 0 aromatic rings. The number of nitrogens with one attached hydrogen (secondary N) is 1. The van der Waals surface area contributed by atoms with Gasteiger partial charge >= 0.3 is 5.97 Å². The minimum Gasteiger partial charge on any atom is -0.481 e. The molecule has 0 unspecified atom stereocenters. The molecule has 0 aromatic carbocycles. The van der Waals surface area contributed by atoms with Crippen molar-refractivity contribution in [3.63, 3.8) is 0 Å². The lowest BCUT2D eigenvalue weighted by Crippen LogP contribution is -2.31. The second kappa shape index (κ2) is 7.17. The molecule has 2 aliphatic rings. The van der Waals surface area contributed by atoms with Crippen LogP contribution in [-0.2, 0) is 24.0 Å². The molecule has 1 fully saturated rings. The maximum atomic E-state index is 10.9. The third-order valence-electron chi connectivity index (χ3n) is 2.53. The van der Waals surface area contributed by atoms with Gasteiger partial charge in [0, 0.05) is 38.0 Å². The molecule has 20 heavy (non-hydrogen) atoms. The Balaban J connectivity index is 0.000000240.